The molecule has 20 heavy (non-hydrogen) atoms. The molecule has 0 saturated heterocycles. The van der Waals surface area contributed by atoms with E-state index < -0.39 is 17.0 Å². The number of amides is 1. The molecule has 0 unspecified atom stereocenters. The van der Waals surface area contributed by atoms with Gasteiger partial charge in [-0.15, -0.1) is 0 Å². The van der Waals surface area contributed by atoms with Crippen LogP contribution in [-0.2, 0) is 9.59 Å². The van der Waals surface area contributed by atoms with Gasteiger partial charge in [0.25, 0.3) is 0 Å². The summed E-state index contributed by atoms with van der Waals surface area (Å²) >= 11 is 0. The highest BCUT2D eigenvalue weighted by atomic mass is 16.2. The molecular formula is C16H15NO3. The van der Waals surface area contributed by atoms with Gasteiger partial charge in [0.2, 0.25) is 17.5 Å². The molecule has 0 atom stereocenters. The van der Waals surface area contributed by atoms with Crippen LogP contribution >= 0.6 is 0 Å². The van der Waals surface area contributed by atoms with Crippen molar-refractivity contribution in [1.29, 1.82) is 0 Å². The minimum atomic E-state index is -0.865. The van der Waals surface area contributed by atoms with Crippen LogP contribution < -0.4 is 5.32 Å². The maximum absolute atomic E-state index is 12.4. The SMILES string of the molecule is CCC1(CC)C(=O)NC2=C1C(=O)C(=O)c1ccccc12. The van der Waals surface area contributed by atoms with Gasteiger partial charge in [0.1, 0.15) is 0 Å². The second-order valence-electron chi connectivity index (χ2n) is 5.20. The summed E-state index contributed by atoms with van der Waals surface area (Å²) in [4.78, 5) is 37.1. The molecule has 0 saturated carbocycles. The zero-order valence-corrected chi connectivity index (χ0v) is 11.4. The van der Waals surface area contributed by atoms with E-state index in [1.807, 2.05) is 13.8 Å². The van der Waals surface area contributed by atoms with E-state index in [0.717, 1.165) is 0 Å². The Morgan fingerprint density at radius 1 is 0.950 bits per heavy atom. The molecule has 2 aliphatic rings. The maximum atomic E-state index is 12.4. The summed E-state index contributed by atoms with van der Waals surface area (Å²) in [6.45, 7) is 3.74. The highest BCUT2D eigenvalue weighted by Crippen LogP contribution is 2.47. The van der Waals surface area contributed by atoms with Crippen LogP contribution in [0.25, 0.3) is 5.70 Å². The van der Waals surface area contributed by atoms with E-state index in [0.29, 0.717) is 35.2 Å². The molecule has 1 aliphatic carbocycles. The van der Waals surface area contributed by atoms with Crippen molar-refractivity contribution in [3.8, 4) is 0 Å². The number of nitrogens with one attached hydrogen (secondary N) is 1. The van der Waals surface area contributed by atoms with Crippen molar-refractivity contribution >= 4 is 23.2 Å². The first-order valence-corrected chi connectivity index (χ1v) is 6.81. The van der Waals surface area contributed by atoms with Crippen molar-refractivity contribution in [2.24, 2.45) is 5.41 Å². The molecule has 0 radical (unpaired) electrons. The van der Waals surface area contributed by atoms with Crippen LogP contribution in [0.4, 0.5) is 0 Å². The fraction of sp³-hybridized carbons (Fsp3) is 0.312. The average Bonchev–Trinajstić information content (AvgIpc) is 2.78. The molecule has 0 bridgehead atoms. The number of carbonyl (C=O) groups excluding carboxylic acids is 3. The molecule has 3 rings (SSSR count). The highest BCUT2D eigenvalue weighted by Gasteiger charge is 2.52. The lowest BCUT2D eigenvalue weighted by molar-refractivity contribution is -0.128. The molecule has 1 aliphatic heterocycles. The van der Waals surface area contributed by atoms with Gasteiger partial charge in [-0.1, -0.05) is 38.1 Å². The van der Waals surface area contributed by atoms with E-state index in [1.165, 1.54) is 0 Å². The van der Waals surface area contributed by atoms with E-state index in [9.17, 15) is 14.4 Å². The van der Waals surface area contributed by atoms with Gasteiger partial charge in [-0.3, -0.25) is 14.4 Å². The van der Waals surface area contributed by atoms with Crippen molar-refractivity contribution in [1.82, 2.24) is 5.32 Å². The molecule has 1 aromatic rings. The smallest absolute Gasteiger partial charge is 0.235 e. The van der Waals surface area contributed by atoms with Crippen molar-refractivity contribution in [2.45, 2.75) is 26.7 Å². The standard InChI is InChI=1S/C16H15NO3/c1-3-16(4-2)11-12(17-15(16)20)9-7-5-6-8-10(9)13(18)14(11)19/h5-8H,3-4H2,1-2H3,(H,17,20). The van der Waals surface area contributed by atoms with Crippen LogP contribution in [0.15, 0.2) is 29.8 Å². The number of Topliss-reactive ketones (excluding diaryl/α,β-unsaturated/α-hetero) is 2. The van der Waals surface area contributed by atoms with Crippen LogP contribution in [0, 0.1) is 5.41 Å². The molecule has 4 nitrogen and oxygen atoms in total. The molecule has 1 aromatic carbocycles. The number of carbonyl (C=O) groups is 3. The zero-order chi connectivity index (χ0) is 14.5. The predicted octanol–water partition coefficient (Wildman–Crippen LogP) is 2.10. The maximum Gasteiger partial charge on any atom is 0.235 e. The number of fused-ring (bicyclic) bond motifs is 2. The average molecular weight is 269 g/mol. The Morgan fingerprint density at radius 3 is 2.15 bits per heavy atom. The third-order valence-electron chi connectivity index (χ3n) is 4.48. The zero-order valence-electron chi connectivity index (χ0n) is 11.4. The Labute approximate surface area is 116 Å². The summed E-state index contributed by atoms with van der Waals surface area (Å²) in [5, 5.41) is 2.82. The Balaban J connectivity index is 2.33. The van der Waals surface area contributed by atoms with Crippen molar-refractivity contribution < 1.29 is 14.4 Å². The minimum absolute atomic E-state index is 0.176. The fourth-order valence-electron chi connectivity index (χ4n) is 3.24. The normalized spacial score (nSPS) is 19.8. The quantitative estimate of drug-likeness (QED) is 0.836. The van der Waals surface area contributed by atoms with Gasteiger partial charge in [0.15, 0.2) is 0 Å². The predicted molar refractivity (Wildman–Crippen MR) is 73.9 cm³/mol. The third-order valence-corrected chi connectivity index (χ3v) is 4.48. The topological polar surface area (TPSA) is 63.2 Å². The van der Waals surface area contributed by atoms with E-state index in [1.54, 1.807) is 24.3 Å². The van der Waals surface area contributed by atoms with Crippen molar-refractivity contribution in [3.05, 3.63) is 41.0 Å². The Hall–Kier alpha value is -2.23. The first-order chi connectivity index (χ1) is 9.56. The van der Waals surface area contributed by atoms with Gasteiger partial charge in [-0.05, 0) is 12.8 Å². The molecule has 1 heterocycles. The summed E-state index contributed by atoms with van der Waals surface area (Å²) in [6, 6.07) is 6.93. The Morgan fingerprint density at radius 2 is 1.55 bits per heavy atom. The van der Waals surface area contributed by atoms with Crippen molar-refractivity contribution in [2.75, 3.05) is 0 Å². The van der Waals surface area contributed by atoms with Gasteiger partial charge >= 0.3 is 0 Å². The van der Waals surface area contributed by atoms with Gasteiger partial charge in [0, 0.05) is 16.7 Å². The largest absolute Gasteiger partial charge is 0.324 e. The van der Waals surface area contributed by atoms with E-state index in [2.05, 4.69) is 5.32 Å². The second-order valence-corrected chi connectivity index (χ2v) is 5.20. The monoisotopic (exact) mass is 269 g/mol. The number of rotatable bonds is 2. The summed E-state index contributed by atoms with van der Waals surface area (Å²) in [5.74, 6) is -1.23. The van der Waals surface area contributed by atoms with Crippen LogP contribution in [-0.4, -0.2) is 17.5 Å². The lowest BCUT2D eigenvalue weighted by Crippen LogP contribution is -2.36. The summed E-state index contributed by atoms with van der Waals surface area (Å²) in [6.07, 6.45) is 1.02. The highest BCUT2D eigenvalue weighted by molar-refractivity contribution is 6.54. The van der Waals surface area contributed by atoms with Gasteiger partial charge < -0.3 is 5.32 Å². The van der Waals surface area contributed by atoms with Gasteiger partial charge in [-0.25, -0.2) is 0 Å². The summed E-state index contributed by atoms with van der Waals surface area (Å²) in [5.41, 5.74) is 1.05. The van der Waals surface area contributed by atoms with Gasteiger partial charge in [0.05, 0.1) is 11.1 Å². The molecule has 0 spiro atoms. The first kappa shape index (κ1) is 12.8. The number of benzene rings is 1. The number of ketones is 2. The number of hydrogen-bond acceptors (Lipinski definition) is 3. The molecule has 0 aromatic heterocycles. The van der Waals surface area contributed by atoms with Crippen molar-refractivity contribution in [3.63, 3.8) is 0 Å². The lowest BCUT2D eigenvalue weighted by atomic mass is 9.71. The summed E-state index contributed by atoms with van der Waals surface area (Å²) in [7, 11) is 0. The van der Waals surface area contributed by atoms with Gasteiger partial charge in [-0.2, -0.15) is 0 Å². The fourth-order valence-corrected chi connectivity index (χ4v) is 3.24. The molecule has 102 valence electrons. The first-order valence-electron chi connectivity index (χ1n) is 6.81. The van der Waals surface area contributed by atoms with Crippen LogP contribution in [0.3, 0.4) is 0 Å². The molecular weight excluding hydrogens is 254 g/mol. The third kappa shape index (κ3) is 1.33. The van der Waals surface area contributed by atoms with Crippen LogP contribution in [0.2, 0.25) is 0 Å². The number of hydrogen-bond donors (Lipinski definition) is 1. The Kier molecular flexibility index (Phi) is 2.64. The molecule has 0 fully saturated rings. The molecule has 4 heteroatoms. The second kappa shape index (κ2) is 4.13. The van der Waals surface area contributed by atoms with E-state index in [4.69, 9.17) is 0 Å². The Bertz CT molecular complexity index is 681. The minimum Gasteiger partial charge on any atom is -0.324 e. The van der Waals surface area contributed by atoms with E-state index in [-0.39, 0.29) is 5.91 Å². The lowest BCUT2D eigenvalue weighted by Gasteiger charge is -2.27. The van der Waals surface area contributed by atoms with E-state index >= 15 is 0 Å². The molecule has 1 N–H and O–H groups in total. The van der Waals surface area contributed by atoms with Crippen LogP contribution in [0.1, 0.15) is 42.6 Å². The molecule has 1 amide bonds. The summed E-state index contributed by atoms with van der Waals surface area (Å²) < 4.78 is 0. The van der Waals surface area contributed by atoms with Crippen LogP contribution in [0.5, 0.6) is 0 Å².